The maximum absolute atomic E-state index is 8.57. The smallest absolute Gasteiger partial charge is 0.0431 e. The molecule has 0 bridgehead atoms. The van der Waals surface area contributed by atoms with E-state index in [0.29, 0.717) is 6.61 Å². The lowest BCUT2D eigenvalue weighted by Gasteiger charge is -2.00. The summed E-state index contributed by atoms with van der Waals surface area (Å²) in [6.07, 6.45) is 15.1. The van der Waals surface area contributed by atoms with Crippen LogP contribution in [0.15, 0.2) is 12.7 Å². The predicted octanol–water partition coefficient (Wildman–Crippen LogP) is 5.09. The molecule has 0 amide bonds. The fourth-order valence-electron chi connectivity index (χ4n) is 1.60. The van der Waals surface area contributed by atoms with Gasteiger partial charge in [0.15, 0.2) is 0 Å². The van der Waals surface area contributed by atoms with Crippen molar-refractivity contribution in [1.29, 1.82) is 0 Å². The third-order valence-corrected chi connectivity index (χ3v) is 2.51. The Morgan fingerprint density at radius 2 is 1.12 bits per heavy atom. The molecule has 0 aromatic carbocycles. The molecule has 1 N–H and O–H groups in total. The highest BCUT2D eigenvalue weighted by Gasteiger charge is 1.91. The average Bonchev–Trinajstić information content (AvgIpc) is 2.28. The van der Waals surface area contributed by atoms with Crippen LogP contribution in [0, 0.1) is 0 Å². The summed E-state index contributed by atoms with van der Waals surface area (Å²) < 4.78 is 0. The van der Waals surface area contributed by atoms with Crippen molar-refractivity contribution in [2.24, 2.45) is 0 Å². The third kappa shape index (κ3) is 23.5. The number of aliphatic hydroxyl groups is 1. The van der Waals surface area contributed by atoms with E-state index in [1.165, 1.54) is 57.8 Å². The molecule has 0 radical (unpaired) electrons. The Labute approximate surface area is 103 Å². The van der Waals surface area contributed by atoms with Crippen molar-refractivity contribution in [3.05, 3.63) is 12.7 Å². The number of allylic oxidation sites excluding steroid dienone is 1. The largest absolute Gasteiger partial charge is 0.396 e. The van der Waals surface area contributed by atoms with Crippen molar-refractivity contribution in [3.8, 4) is 0 Å². The van der Waals surface area contributed by atoms with Crippen LogP contribution in [0.4, 0.5) is 0 Å². The van der Waals surface area contributed by atoms with Crippen molar-refractivity contribution < 1.29 is 5.11 Å². The van der Waals surface area contributed by atoms with Crippen LogP contribution in [0.25, 0.3) is 0 Å². The topological polar surface area (TPSA) is 20.2 Å². The number of hydrogen-bond donors (Lipinski definition) is 1. The van der Waals surface area contributed by atoms with Gasteiger partial charge in [-0.1, -0.05) is 70.8 Å². The highest BCUT2D eigenvalue weighted by molar-refractivity contribution is 4.51. The lowest BCUT2D eigenvalue weighted by molar-refractivity contribution is 0.282. The van der Waals surface area contributed by atoms with Crippen LogP contribution in [0.2, 0.25) is 0 Å². The Bertz CT molecular complexity index is 100. The molecule has 0 aromatic rings. The monoisotopic (exact) mass is 228 g/mol. The van der Waals surface area contributed by atoms with E-state index >= 15 is 0 Å². The first-order valence-electron chi connectivity index (χ1n) is 7.01. The summed E-state index contributed by atoms with van der Waals surface area (Å²) >= 11 is 0. The van der Waals surface area contributed by atoms with Crippen LogP contribution in [0.3, 0.4) is 0 Å². The molecule has 0 aliphatic heterocycles. The molecule has 0 fully saturated rings. The molecule has 0 aliphatic rings. The molecule has 0 spiro atoms. The minimum Gasteiger partial charge on any atom is -0.396 e. The predicted molar refractivity (Wildman–Crippen MR) is 74.8 cm³/mol. The maximum Gasteiger partial charge on any atom is 0.0431 e. The second-order valence-corrected chi connectivity index (χ2v) is 4.31. The van der Waals surface area contributed by atoms with Crippen molar-refractivity contribution >= 4 is 0 Å². The summed E-state index contributed by atoms with van der Waals surface area (Å²) in [5.74, 6) is 0. The molecule has 0 saturated carbocycles. The highest BCUT2D eigenvalue weighted by Crippen LogP contribution is 2.09. The van der Waals surface area contributed by atoms with Crippen molar-refractivity contribution in [3.63, 3.8) is 0 Å². The Morgan fingerprint density at radius 3 is 1.44 bits per heavy atom. The first-order valence-corrected chi connectivity index (χ1v) is 7.01. The van der Waals surface area contributed by atoms with Gasteiger partial charge in [-0.25, -0.2) is 0 Å². The van der Waals surface area contributed by atoms with Crippen LogP contribution in [-0.2, 0) is 0 Å². The summed E-state index contributed by atoms with van der Waals surface area (Å²) in [5.41, 5.74) is 0. The quantitative estimate of drug-likeness (QED) is 0.408. The minimum absolute atomic E-state index is 0.372. The van der Waals surface area contributed by atoms with Gasteiger partial charge in [0.2, 0.25) is 0 Å². The summed E-state index contributed by atoms with van der Waals surface area (Å²) in [6.45, 7) is 7.88. The lowest BCUT2D eigenvalue weighted by Crippen LogP contribution is -1.84. The lowest BCUT2D eigenvalue weighted by atomic mass is 10.1. The summed E-state index contributed by atoms with van der Waals surface area (Å²) in [5, 5.41) is 8.57. The van der Waals surface area contributed by atoms with Crippen LogP contribution in [0.1, 0.15) is 78.1 Å². The number of hydrogen-bond acceptors (Lipinski definition) is 1. The molecule has 0 heterocycles. The van der Waals surface area contributed by atoms with E-state index in [4.69, 9.17) is 5.11 Å². The van der Waals surface area contributed by atoms with E-state index in [1.807, 2.05) is 6.92 Å². The Hall–Kier alpha value is -0.300. The van der Waals surface area contributed by atoms with Gasteiger partial charge < -0.3 is 5.11 Å². The van der Waals surface area contributed by atoms with Crippen molar-refractivity contribution in [2.75, 3.05) is 6.61 Å². The van der Waals surface area contributed by atoms with Crippen LogP contribution >= 0.6 is 0 Å². The van der Waals surface area contributed by atoms with E-state index in [9.17, 15) is 0 Å². The molecular weight excluding hydrogens is 196 g/mol. The molecule has 98 valence electrons. The van der Waals surface area contributed by atoms with E-state index in [2.05, 4.69) is 13.5 Å². The summed E-state index contributed by atoms with van der Waals surface area (Å²) in [7, 11) is 0. The molecule has 1 heteroatoms. The summed E-state index contributed by atoms with van der Waals surface area (Å²) in [4.78, 5) is 0. The Morgan fingerprint density at radius 1 is 0.812 bits per heavy atom. The number of rotatable bonds is 10. The van der Waals surface area contributed by atoms with E-state index in [0.717, 1.165) is 6.42 Å². The molecule has 0 aromatic heterocycles. The van der Waals surface area contributed by atoms with Gasteiger partial charge in [0.25, 0.3) is 0 Å². The first-order chi connectivity index (χ1) is 7.83. The molecule has 1 nitrogen and oxygen atoms in total. The fourth-order valence-corrected chi connectivity index (χ4v) is 1.60. The zero-order chi connectivity index (χ0) is 12.5. The van der Waals surface area contributed by atoms with Crippen molar-refractivity contribution in [2.45, 2.75) is 78.1 Å². The van der Waals surface area contributed by atoms with Gasteiger partial charge >= 0.3 is 0 Å². The minimum atomic E-state index is 0.372. The Kier molecular flexibility index (Phi) is 22.8. The molecule has 0 saturated heterocycles. The normalized spacial score (nSPS) is 9.44. The van der Waals surface area contributed by atoms with Crippen molar-refractivity contribution in [1.82, 2.24) is 0 Å². The molecule has 0 atom stereocenters. The zero-order valence-electron chi connectivity index (χ0n) is 11.5. The van der Waals surface area contributed by atoms with Crippen LogP contribution in [-0.4, -0.2) is 11.7 Å². The van der Waals surface area contributed by atoms with E-state index in [1.54, 1.807) is 6.08 Å². The molecule has 0 rings (SSSR count). The van der Waals surface area contributed by atoms with Gasteiger partial charge in [-0.3, -0.25) is 0 Å². The molecule has 0 aliphatic carbocycles. The molecule has 16 heavy (non-hydrogen) atoms. The van der Waals surface area contributed by atoms with E-state index in [-0.39, 0.29) is 0 Å². The van der Waals surface area contributed by atoms with Gasteiger partial charge in [0.05, 0.1) is 0 Å². The molecule has 0 unspecified atom stereocenters. The average molecular weight is 228 g/mol. The zero-order valence-corrected chi connectivity index (χ0v) is 11.5. The first kappa shape index (κ1) is 18.1. The fraction of sp³-hybridized carbons (Fsp3) is 0.867. The SMILES string of the molecule is C=CC.CCCCCCCCCCCCO. The van der Waals surface area contributed by atoms with Crippen LogP contribution < -0.4 is 0 Å². The highest BCUT2D eigenvalue weighted by atomic mass is 16.2. The van der Waals surface area contributed by atoms with Gasteiger partial charge in [0.1, 0.15) is 0 Å². The van der Waals surface area contributed by atoms with Gasteiger partial charge in [0, 0.05) is 6.61 Å². The summed E-state index contributed by atoms with van der Waals surface area (Å²) in [6, 6.07) is 0. The van der Waals surface area contributed by atoms with Gasteiger partial charge in [-0.2, -0.15) is 0 Å². The maximum atomic E-state index is 8.57. The Balaban J connectivity index is 0. The number of aliphatic hydroxyl groups excluding tert-OH is 1. The van der Waals surface area contributed by atoms with E-state index < -0.39 is 0 Å². The van der Waals surface area contributed by atoms with Gasteiger partial charge in [-0.05, 0) is 13.3 Å². The number of unbranched alkanes of at least 4 members (excludes halogenated alkanes) is 9. The van der Waals surface area contributed by atoms with Gasteiger partial charge in [-0.15, -0.1) is 6.58 Å². The standard InChI is InChI=1S/C12H26O.C3H6/c1-2-3-4-5-6-7-8-9-10-11-12-13;1-3-2/h13H,2-12H2,1H3;3H,1H2,2H3. The molecular formula is C15H32O. The third-order valence-electron chi connectivity index (χ3n) is 2.51. The second kappa shape index (κ2) is 20.2. The van der Waals surface area contributed by atoms with Crippen LogP contribution in [0.5, 0.6) is 0 Å². The second-order valence-electron chi connectivity index (χ2n) is 4.31.